The van der Waals surface area contributed by atoms with Crippen LogP contribution in [-0.4, -0.2) is 38.6 Å². The number of nitrogens with zero attached hydrogens (tertiary/aromatic N) is 2. The molecule has 4 rings (SSSR count). The summed E-state index contributed by atoms with van der Waals surface area (Å²) in [4.78, 5) is 0. The highest BCUT2D eigenvalue weighted by molar-refractivity contribution is 5.67. The van der Waals surface area contributed by atoms with E-state index in [0.717, 1.165) is 5.56 Å². The van der Waals surface area contributed by atoms with Crippen molar-refractivity contribution < 1.29 is 28.1 Å². The zero-order chi connectivity index (χ0) is 23.2. The lowest BCUT2D eigenvalue weighted by Crippen LogP contribution is -1.97. The fourth-order valence-corrected chi connectivity index (χ4v) is 3.32. The molecule has 8 nitrogen and oxygen atoms in total. The number of rotatable bonds is 9. The lowest BCUT2D eigenvalue weighted by Gasteiger charge is -2.12. The van der Waals surface area contributed by atoms with Gasteiger partial charge in [0.1, 0.15) is 6.61 Å². The average molecular weight is 448 g/mol. The van der Waals surface area contributed by atoms with Crippen molar-refractivity contribution in [3.8, 4) is 51.7 Å². The number of hydrogen-bond donors (Lipinski definition) is 0. The van der Waals surface area contributed by atoms with Crippen molar-refractivity contribution in [1.82, 2.24) is 10.2 Å². The van der Waals surface area contributed by atoms with E-state index in [-0.39, 0.29) is 0 Å². The summed E-state index contributed by atoms with van der Waals surface area (Å²) in [5, 5.41) is 8.37. The summed E-state index contributed by atoms with van der Waals surface area (Å²) in [6.45, 7) is 0.433. The van der Waals surface area contributed by atoms with E-state index >= 15 is 0 Å². The molecule has 33 heavy (non-hydrogen) atoms. The van der Waals surface area contributed by atoms with Crippen LogP contribution in [0.15, 0.2) is 65.1 Å². The van der Waals surface area contributed by atoms with Gasteiger partial charge in [-0.1, -0.05) is 30.3 Å². The van der Waals surface area contributed by atoms with Gasteiger partial charge in [0.05, 0.1) is 28.4 Å². The molecule has 0 bridgehead atoms. The van der Waals surface area contributed by atoms with Gasteiger partial charge in [-0.25, -0.2) is 0 Å². The van der Waals surface area contributed by atoms with Crippen molar-refractivity contribution in [2.24, 2.45) is 0 Å². The molecule has 0 saturated carbocycles. The summed E-state index contributed by atoms with van der Waals surface area (Å²) >= 11 is 0. The second-order valence-electron chi connectivity index (χ2n) is 6.97. The summed E-state index contributed by atoms with van der Waals surface area (Å²) < 4.78 is 33.5. The third-order valence-corrected chi connectivity index (χ3v) is 4.98. The minimum atomic E-state index is 0.313. The van der Waals surface area contributed by atoms with Crippen LogP contribution >= 0.6 is 0 Å². The molecular weight excluding hydrogens is 424 g/mol. The van der Waals surface area contributed by atoms with E-state index in [1.54, 1.807) is 46.6 Å². The predicted octanol–water partition coefficient (Wildman–Crippen LogP) is 5.02. The Balaban J connectivity index is 1.59. The lowest BCUT2D eigenvalue weighted by atomic mass is 10.1. The smallest absolute Gasteiger partial charge is 0.248 e. The van der Waals surface area contributed by atoms with E-state index in [1.807, 2.05) is 42.5 Å². The Morgan fingerprint density at radius 1 is 0.636 bits per heavy atom. The highest BCUT2D eigenvalue weighted by Crippen LogP contribution is 2.41. The van der Waals surface area contributed by atoms with E-state index in [9.17, 15) is 0 Å². The van der Waals surface area contributed by atoms with Crippen molar-refractivity contribution in [2.75, 3.05) is 28.4 Å². The largest absolute Gasteiger partial charge is 0.493 e. The summed E-state index contributed by atoms with van der Waals surface area (Å²) in [6.07, 6.45) is 0. The maximum absolute atomic E-state index is 5.93. The Labute approximate surface area is 191 Å². The zero-order valence-corrected chi connectivity index (χ0v) is 18.8. The van der Waals surface area contributed by atoms with Crippen molar-refractivity contribution in [2.45, 2.75) is 6.61 Å². The van der Waals surface area contributed by atoms with Gasteiger partial charge in [0.25, 0.3) is 0 Å². The molecule has 0 aliphatic carbocycles. The van der Waals surface area contributed by atoms with E-state index < -0.39 is 0 Å². The molecule has 0 amide bonds. The lowest BCUT2D eigenvalue weighted by molar-refractivity contribution is 0.284. The van der Waals surface area contributed by atoms with E-state index in [1.165, 1.54) is 0 Å². The van der Waals surface area contributed by atoms with Crippen molar-refractivity contribution in [3.63, 3.8) is 0 Å². The quantitative estimate of drug-likeness (QED) is 0.353. The average Bonchev–Trinajstić information content (AvgIpc) is 3.37. The van der Waals surface area contributed by atoms with Crippen LogP contribution in [0.4, 0.5) is 0 Å². The number of methoxy groups -OCH3 is 4. The molecule has 0 atom stereocenters. The van der Waals surface area contributed by atoms with Gasteiger partial charge in [0.15, 0.2) is 23.0 Å². The molecule has 0 aliphatic heterocycles. The van der Waals surface area contributed by atoms with Crippen LogP contribution in [0, 0.1) is 0 Å². The molecule has 8 heteroatoms. The molecule has 0 aliphatic rings. The van der Waals surface area contributed by atoms with E-state index in [2.05, 4.69) is 10.2 Å². The normalized spacial score (nSPS) is 10.5. The number of hydrogen-bond acceptors (Lipinski definition) is 8. The standard InChI is InChI=1S/C25H24N2O6/c1-28-20-12-17(10-11-19(20)32-15-16-8-6-5-7-9-16)24-26-27-25(33-24)18-13-21(29-2)23(31-4)22(14-18)30-3/h5-14H,15H2,1-4H3. The van der Waals surface area contributed by atoms with E-state index in [0.29, 0.717) is 58.3 Å². The first-order valence-corrected chi connectivity index (χ1v) is 10.2. The van der Waals surface area contributed by atoms with E-state index in [4.69, 9.17) is 28.1 Å². The Bertz CT molecular complexity index is 1200. The van der Waals surface area contributed by atoms with Crippen LogP contribution < -0.4 is 23.7 Å². The first kappa shape index (κ1) is 22.0. The van der Waals surface area contributed by atoms with Crippen LogP contribution in [0.2, 0.25) is 0 Å². The third-order valence-electron chi connectivity index (χ3n) is 4.98. The zero-order valence-electron chi connectivity index (χ0n) is 18.8. The fraction of sp³-hybridized carbons (Fsp3) is 0.200. The minimum absolute atomic E-state index is 0.313. The molecule has 0 unspecified atom stereocenters. The summed E-state index contributed by atoms with van der Waals surface area (Å²) in [7, 11) is 6.23. The van der Waals surface area contributed by atoms with Crippen molar-refractivity contribution >= 4 is 0 Å². The highest BCUT2D eigenvalue weighted by Gasteiger charge is 2.19. The number of ether oxygens (including phenoxy) is 5. The Kier molecular flexibility index (Phi) is 6.64. The highest BCUT2D eigenvalue weighted by atomic mass is 16.5. The minimum Gasteiger partial charge on any atom is -0.493 e. The van der Waals surface area contributed by atoms with Gasteiger partial charge in [-0.15, -0.1) is 10.2 Å². The maximum Gasteiger partial charge on any atom is 0.248 e. The summed E-state index contributed by atoms with van der Waals surface area (Å²) in [5.74, 6) is 3.31. The molecule has 0 saturated heterocycles. The van der Waals surface area contributed by atoms with Crippen LogP contribution in [0.25, 0.3) is 22.9 Å². The topological polar surface area (TPSA) is 85.1 Å². The van der Waals surface area contributed by atoms with Gasteiger partial charge in [-0.3, -0.25) is 0 Å². The second-order valence-corrected chi connectivity index (χ2v) is 6.97. The van der Waals surface area contributed by atoms with Crippen LogP contribution in [0.5, 0.6) is 28.7 Å². The first-order valence-electron chi connectivity index (χ1n) is 10.2. The fourth-order valence-electron chi connectivity index (χ4n) is 3.32. The number of benzene rings is 3. The predicted molar refractivity (Wildman–Crippen MR) is 122 cm³/mol. The molecule has 0 radical (unpaired) electrons. The number of aromatic nitrogens is 2. The molecule has 4 aromatic rings. The monoisotopic (exact) mass is 448 g/mol. The van der Waals surface area contributed by atoms with Crippen LogP contribution in [0.3, 0.4) is 0 Å². The molecule has 170 valence electrons. The Morgan fingerprint density at radius 2 is 1.24 bits per heavy atom. The Hall–Kier alpha value is -4.20. The third kappa shape index (κ3) is 4.69. The van der Waals surface area contributed by atoms with Gasteiger partial charge in [-0.05, 0) is 35.9 Å². The summed E-state index contributed by atoms with van der Waals surface area (Å²) in [6, 6.07) is 18.9. The molecule has 0 fully saturated rings. The Morgan fingerprint density at radius 3 is 1.85 bits per heavy atom. The molecule has 0 spiro atoms. The van der Waals surface area contributed by atoms with Gasteiger partial charge in [0.2, 0.25) is 17.5 Å². The van der Waals surface area contributed by atoms with Crippen molar-refractivity contribution in [3.05, 3.63) is 66.2 Å². The van der Waals surface area contributed by atoms with Gasteiger partial charge in [-0.2, -0.15) is 0 Å². The SMILES string of the molecule is COc1cc(-c2nnc(-c3cc(OC)c(OC)c(OC)c3)o2)ccc1OCc1ccccc1. The first-order chi connectivity index (χ1) is 16.2. The van der Waals surface area contributed by atoms with Crippen LogP contribution in [0.1, 0.15) is 5.56 Å². The van der Waals surface area contributed by atoms with Gasteiger partial charge < -0.3 is 28.1 Å². The molecule has 1 heterocycles. The van der Waals surface area contributed by atoms with Gasteiger partial charge >= 0.3 is 0 Å². The molecular formula is C25H24N2O6. The van der Waals surface area contributed by atoms with Gasteiger partial charge in [0, 0.05) is 11.1 Å². The van der Waals surface area contributed by atoms with Crippen LogP contribution in [-0.2, 0) is 6.61 Å². The molecule has 3 aromatic carbocycles. The molecule has 0 N–H and O–H groups in total. The maximum atomic E-state index is 5.93. The summed E-state index contributed by atoms with van der Waals surface area (Å²) in [5.41, 5.74) is 2.40. The van der Waals surface area contributed by atoms with Crippen molar-refractivity contribution in [1.29, 1.82) is 0 Å². The molecule has 1 aromatic heterocycles. The second kappa shape index (κ2) is 9.95.